The number of benzene rings is 1. The van der Waals surface area contributed by atoms with Gasteiger partial charge in [-0.3, -0.25) is 4.79 Å². The van der Waals surface area contributed by atoms with E-state index in [4.69, 9.17) is 0 Å². The molecule has 0 fully saturated rings. The van der Waals surface area contributed by atoms with Crippen molar-refractivity contribution in [3.05, 3.63) is 59.2 Å². The second-order valence-corrected chi connectivity index (χ2v) is 4.40. The highest BCUT2D eigenvalue weighted by molar-refractivity contribution is 7.78. The zero-order valence-electron chi connectivity index (χ0n) is 9.35. The number of ketones is 1. The molecule has 0 aliphatic heterocycles. The Kier molecular flexibility index (Phi) is 3.33. The number of aromatic nitrogens is 1. The molecule has 88 valence electrons. The van der Waals surface area contributed by atoms with Gasteiger partial charge in [0, 0.05) is 18.0 Å². The van der Waals surface area contributed by atoms with Crippen molar-refractivity contribution in [3.63, 3.8) is 0 Å². The summed E-state index contributed by atoms with van der Waals surface area (Å²) in [5.74, 6) is -0.248. The smallest absolute Gasteiger partial charge is 0.161 e. The highest BCUT2D eigenvalue weighted by Crippen LogP contribution is 2.17. The summed E-state index contributed by atoms with van der Waals surface area (Å²) < 4.78 is 14.3. The first-order valence-electron chi connectivity index (χ1n) is 5.22. The Morgan fingerprint density at radius 2 is 1.94 bits per heavy atom. The minimum Gasteiger partial charge on any atom is -0.301 e. The van der Waals surface area contributed by atoms with Gasteiger partial charge < -0.3 is 3.97 Å². The van der Waals surface area contributed by atoms with E-state index in [0.29, 0.717) is 12.0 Å². The van der Waals surface area contributed by atoms with Crippen LogP contribution >= 0.6 is 12.8 Å². The van der Waals surface area contributed by atoms with Gasteiger partial charge in [0.2, 0.25) is 0 Å². The number of carbonyl (C=O) groups is 1. The standard InChI is InChI=1S/C13H12FNOS/c1-9(16)13-8-15(17)7-11(13)6-10-2-4-12(14)5-3-10/h2-5,7-8,17H,6H2,1H3. The molecule has 0 saturated heterocycles. The van der Waals surface area contributed by atoms with Crippen molar-refractivity contribution in [3.8, 4) is 0 Å². The molecule has 2 aromatic rings. The Labute approximate surface area is 105 Å². The molecule has 0 spiro atoms. The Morgan fingerprint density at radius 3 is 2.53 bits per heavy atom. The molecule has 4 heteroatoms. The summed E-state index contributed by atoms with van der Waals surface area (Å²) >= 11 is 4.16. The van der Waals surface area contributed by atoms with E-state index in [0.717, 1.165) is 11.1 Å². The van der Waals surface area contributed by atoms with E-state index in [1.807, 2.05) is 0 Å². The predicted molar refractivity (Wildman–Crippen MR) is 68.0 cm³/mol. The van der Waals surface area contributed by atoms with Crippen LogP contribution in [-0.2, 0) is 6.42 Å². The normalized spacial score (nSPS) is 10.5. The molecular weight excluding hydrogens is 237 g/mol. The van der Waals surface area contributed by atoms with Crippen LogP contribution < -0.4 is 0 Å². The van der Waals surface area contributed by atoms with E-state index in [-0.39, 0.29) is 11.6 Å². The molecule has 0 atom stereocenters. The third-order valence-electron chi connectivity index (χ3n) is 2.58. The van der Waals surface area contributed by atoms with Gasteiger partial charge in [-0.2, -0.15) is 0 Å². The summed E-state index contributed by atoms with van der Waals surface area (Å²) in [4.78, 5) is 11.4. The molecule has 0 saturated carbocycles. The van der Waals surface area contributed by atoms with Crippen LogP contribution in [0.25, 0.3) is 0 Å². The maximum atomic E-state index is 12.8. The van der Waals surface area contributed by atoms with Crippen molar-refractivity contribution in [1.82, 2.24) is 3.97 Å². The van der Waals surface area contributed by atoms with Crippen molar-refractivity contribution in [1.29, 1.82) is 0 Å². The lowest BCUT2D eigenvalue weighted by Gasteiger charge is -2.01. The second-order valence-electron chi connectivity index (χ2n) is 3.94. The van der Waals surface area contributed by atoms with Gasteiger partial charge in [0.15, 0.2) is 5.78 Å². The Balaban J connectivity index is 2.29. The Bertz CT molecular complexity index is 545. The first-order chi connectivity index (χ1) is 8.06. The van der Waals surface area contributed by atoms with Gasteiger partial charge in [-0.25, -0.2) is 4.39 Å². The van der Waals surface area contributed by atoms with E-state index in [1.165, 1.54) is 19.1 Å². The van der Waals surface area contributed by atoms with Crippen LogP contribution in [0, 0.1) is 5.82 Å². The molecule has 1 aromatic heterocycles. The summed E-state index contributed by atoms with van der Waals surface area (Å²) in [6, 6.07) is 6.27. The van der Waals surface area contributed by atoms with E-state index in [9.17, 15) is 9.18 Å². The van der Waals surface area contributed by atoms with Gasteiger partial charge in [0.25, 0.3) is 0 Å². The molecule has 0 aliphatic carbocycles. The third kappa shape index (κ3) is 2.77. The zero-order valence-corrected chi connectivity index (χ0v) is 10.2. The van der Waals surface area contributed by atoms with Gasteiger partial charge >= 0.3 is 0 Å². The van der Waals surface area contributed by atoms with Gasteiger partial charge in [-0.05, 0) is 36.6 Å². The molecule has 0 bridgehead atoms. The molecule has 1 heterocycles. The number of hydrogen-bond acceptors (Lipinski definition) is 2. The monoisotopic (exact) mass is 249 g/mol. The van der Waals surface area contributed by atoms with E-state index in [1.54, 1.807) is 28.5 Å². The van der Waals surface area contributed by atoms with Gasteiger partial charge in [-0.1, -0.05) is 24.9 Å². The highest BCUT2D eigenvalue weighted by Gasteiger charge is 2.10. The SMILES string of the molecule is CC(=O)c1cn(S)cc1Cc1ccc(F)cc1. The first kappa shape index (κ1) is 11.9. The fourth-order valence-corrected chi connectivity index (χ4v) is 2.02. The van der Waals surface area contributed by atoms with Crippen molar-refractivity contribution in [2.75, 3.05) is 0 Å². The molecule has 0 amide bonds. The lowest BCUT2D eigenvalue weighted by Crippen LogP contribution is -1.96. The van der Waals surface area contributed by atoms with Crippen LogP contribution in [0.4, 0.5) is 4.39 Å². The van der Waals surface area contributed by atoms with Crippen molar-refractivity contribution < 1.29 is 9.18 Å². The maximum Gasteiger partial charge on any atom is 0.161 e. The summed E-state index contributed by atoms with van der Waals surface area (Å²) in [7, 11) is 0. The van der Waals surface area contributed by atoms with Crippen LogP contribution in [0.2, 0.25) is 0 Å². The average Bonchev–Trinajstić information content (AvgIpc) is 2.63. The number of carbonyl (C=O) groups excluding carboxylic acids is 1. The number of Topliss-reactive ketones (excluding diaryl/α,β-unsaturated/α-hetero) is 1. The molecule has 0 unspecified atom stereocenters. The van der Waals surface area contributed by atoms with Crippen LogP contribution in [0.3, 0.4) is 0 Å². The van der Waals surface area contributed by atoms with E-state index >= 15 is 0 Å². The van der Waals surface area contributed by atoms with Crippen LogP contribution in [0.15, 0.2) is 36.7 Å². The molecule has 2 nitrogen and oxygen atoms in total. The number of rotatable bonds is 3. The molecule has 0 radical (unpaired) electrons. The summed E-state index contributed by atoms with van der Waals surface area (Å²) in [6.07, 6.45) is 4.08. The van der Waals surface area contributed by atoms with Crippen LogP contribution in [0.1, 0.15) is 28.4 Å². The lowest BCUT2D eigenvalue weighted by molar-refractivity contribution is 0.101. The van der Waals surface area contributed by atoms with Crippen molar-refractivity contribution in [2.24, 2.45) is 0 Å². The summed E-state index contributed by atoms with van der Waals surface area (Å²) in [5, 5.41) is 0. The first-order valence-corrected chi connectivity index (χ1v) is 5.62. The lowest BCUT2D eigenvalue weighted by atomic mass is 10.0. The second kappa shape index (κ2) is 4.75. The van der Waals surface area contributed by atoms with E-state index in [2.05, 4.69) is 12.8 Å². The Hall–Kier alpha value is -1.55. The average molecular weight is 249 g/mol. The van der Waals surface area contributed by atoms with Crippen molar-refractivity contribution in [2.45, 2.75) is 13.3 Å². The Morgan fingerprint density at radius 1 is 1.29 bits per heavy atom. The van der Waals surface area contributed by atoms with E-state index < -0.39 is 0 Å². The van der Waals surface area contributed by atoms with Gasteiger partial charge in [-0.15, -0.1) is 0 Å². The fourth-order valence-electron chi connectivity index (χ4n) is 1.76. The molecular formula is C13H12FNOS. The minimum absolute atomic E-state index is 0.00918. The van der Waals surface area contributed by atoms with Crippen LogP contribution in [0.5, 0.6) is 0 Å². The maximum absolute atomic E-state index is 12.8. The number of nitrogens with zero attached hydrogens (tertiary/aromatic N) is 1. The number of halogens is 1. The molecule has 0 N–H and O–H groups in total. The van der Waals surface area contributed by atoms with Gasteiger partial charge in [0.05, 0.1) is 0 Å². The third-order valence-corrected chi connectivity index (χ3v) is 2.81. The van der Waals surface area contributed by atoms with Crippen molar-refractivity contribution >= 4 is 18.6 Å². The molecule has 2 rings (SSSR count). The number of thiol groups is 1. The zero-order chi connectivity index (χ0) is 12.4. The topological polar surface area (TPSA) is 22.0 Å². The predicted octanol–water partition coefficient (Wildman–Crippen LogP) is 3.11. The largest absolute Gasteiger partial charge is 0.301 e. The summed E-state index contributed by atoms with van der Waals surface area (Å²) in [6.45, 7) is 1.53. The fraction of sp³-hybridized carbons (Fsp3) is 0.154. The molecule has 1 aromatic carbocycles. The summed E-state index contributed by atoms with van der Waals surface area (Å²) in [5.41, 5.74) is 2.52. The quantitative estimate of drug-likeness (QED) is 0.655. The van der Waals surface area contributed by atoms with Crippen LogP contribution in [-0.4, -0.2) is 9.76 Å². The highest BCUT2D eigenvalue weighted by atomic mass is 32.1. The number of hydrogen-bond donors (Lipinski definition) is 1. The minimum atomic E-state index is -0.257. The molecule has 0 aliphatic rings. The van der Waals surface area contributed by atoms with Gasteiger partial charge in [0.1, 0.15) is 5.82 Å². The molecule has 17 heavy (non-hydrogen) atoms.